The number of rotatable bonds is 2. The topological polar surface area (TPSA) is 45.2 Å². The number of anilines is 1. The molecule has 1 amide bonds. The van der Waals surface area contributed by atoms with Crippen molar-refractivity contribution < 1.29 is 4.79 Å². The van der Waals surface area contributed by atoms with E-state index in [0.29, 0.717) is 0 Å². The average molecular weight is 234 g/mol. The van der Waals surface area contributed by atoms with Crippen molar-refractivity contribution in [2.24, 2.45) is 0 Å². The molecule has 1 N–H and O–H groups in total. The fraction of sp³-hybridized carbons (Fsp3) is 0.500. The summed E-state index contributed by atoms with van der Waals surface area (Å²) in [6.07, 6.45) is 2.65. The number of nitrogens with one attached hydrogen (secondary N) is 1. The molecule has 1 fully saturated rings. The summed E-state index contributed by atoms with van der Waals surface area (Å²) in [6.45, 7) is 0.947. The number of hydrogen-bond acceptors (Lipinski definition) is 4. The van der Waals surface area contributed by atoms with E-state index < -0.39 is 0 Å². The Hall–Kier alpha value is -0.650. The lowest BCUT2D eigenvalue weighted by atomic mass is 10.1. The second-order valence-electron chi connectivity index (χ2n) is 3.01. The van der Waals surface area contributed by atoms with Gasteiger partial charge in [-0.1, -0.05) is 0 Å². The maximum Gasteiger partial charge on any atom is 0.245 e. The van der Waals surface area contributed by atoms with E-state index in [1.165, 1.54) is 11.3 Å². The molecule has 6 heteroatoms. The standard InChI is InChI=1S/C8H11N3OS.ClH/c1-11(8-10-4-5-13-8)7(12)6-2-3-9-6;/h4-6,9H,2-3H2,1H3;1H/t6-;/m1./s1. The van der Waals surface area contributed by atoms with Crippen LogP contribution in [0.15, 0.2) is 11.6 Å². The van der Waals surface area contributed by atoms with Crippen LogP contribution in [0, 0.1) is 0 Å². The monoisotopic (exact) mass is 233 g/mol. The van der Waals surface area contributed by atoms with Gasteiger partial charge in [-0.3, -0.25) is 9.69 Å². The van der Waals surface area contributed by atoms with Gasteiger partial charge in [0.1, 0.15) is 0 Å². The predicted octanol–water partition coefficient (Wildman–Crippen LogP) is 0.890. The number of carbonyl (C=O) groups excluding carboxylic acids is 1. The highest BCUT2D eigenvalue weighted by Gasteiger charge is 2.28. The highest BCUT2D eigenvalue weighted by Crippen LogP contribution is 2.17. The van der Waals surface area contributed by atoms with Crippen molar-refractivity contribution >= 4 is 34.8 Å². The zero-order valence-electron chi connectivity index (χ0n) is 7.77. The fourth-order valence-corrected chi connectivity index (χ4v) is 1.82. The second kappa shape index (κ2) is 4.72. The van der Waals surface area contributed by atoms with Gasteiger partial charge in [0.05, 0.1) is 6.04 Å². The molecule has 1 aromatic rings. The van der Waals surface area contributed by atoms with Crippen LogP contribution in [-0.2, 0) is 4.79 Å². The molecule has 0 saturated carbocycles. The van der Waals surface area contributed by atoms with Crippen LogP contribution in [0.3, 0.4) is 0 Å². The highest BCUT2D eigenvalue weighted by molar-refractivity contribution is 7.13. The zero-order chi connectivity index (χ0) is 9.26. The van der Waals surface area contributed by atoms with Gasteiger partial charge in [-0.15, -0.1) is 23.7 Å². The zero-order valence-corrected chi connectivity index (χ0v) is 9.40. The minimum absolute atomic E-state index is 0. The van der Waals surface area contributed by atoms with Crippen molar-refractivity contribution in [2.45, 2.75) is 12.5 Å². The first kappa shape index (κ1) is 11.4. The third-order valence-electron chi connectivity index (χ3n) is 2.16. The Morgan fingerprint density at radius 1 is 1.79 bits per heavy atom. The molecule has 0 unspecified atom stereocenters. The fourth-order valence-electron chi connectivity index (χ4n) is 1.21. The van der Waals surface area contributed by atoms with E-state index in [9.17, 15) is 4.79 Å². The molecule has 78 valence electrons. The van der Waals surface area contributed by atoms with Crippen molar-refractivity contribution in [1.29, 1.82) is 0 Å². The first-order valence-corrected chi connectivity index (χ1v) is 5.07. The van der Waals surface area contributed by atoms with E-state index in [2.05, 4.69) is 10.3 Å². The maximum atomic E-state index is 11.7. The van der Waals surface area contributed by atoms with Crippen LogP contribution in [-0.4, -0.2) is 30.5 Å². The predicted molar refractivity (Wildman–Crippen MR) is 59.2 cm³/mol. The first-order valence-electron chi connectivity index (χ1n) is 4.19. The highest BCUT2D eigenvalue weighted by atomic mass is 35.5. The maximum absolute atomic E-state index is 11.7. The quantitative estimate of drug-likeness (QED) is 0.825. The molecule has 1 saturated heterocycles. The van der Waals surface area contributed by atoms with Gasteiger partial charge in [0.25, 0.3) is 0 Å². The van der Waals surface area contributed by atoms with E-state index in [0.717, 1.165) is 18.1 Å². The molecule has 1 aromatic heterocycles. The van der Waals surface area contributed by atoms with E-state index in [4.69, 9.17) is 0 Å². The summed E-state index contributed by atoms with van der Waals surface area (Å²) < 4.78 is 0. The Morgan fingerprint density at radius 2 is 2.50 bits per heavy atom. The number of carbonyl (C=O) groups is 1. The Bertz CT molecular complexity index is 300. The number of thiazole rings is 1. The summed E-state index contributed by atoms with van der Waals surface area (Å²) in [5.74, 6) is 0.112. The molecule has 0 radical (unpaired) electrons. The van der Waals surface area contributed by atoms with Gasteiger partial charge in [0, 0.05) is 18.6 Å². The summed E-state index contributed by atoms with van der Waals surface area (Å²) in [5, 5.41) is 5.70. The molecule has 0 aliphatic carbocycles. The first-order chi connectivity index (χ1) is 6.29. The third kappa shape index (κ3) is 2.05. The summed E-state index contributed by atoms with van der Waals surface area (Å²) in [6, 6.07) is 0.00824. The Morgan fingerprint density at radius 3 is 2.93 bits per heavy atom. The second-order valence-corrected chi connectivity index (χ2v) is 3.88. The van der Waals surface area contributed by atoms with Crippen molar-refractivity contribution in [3.8, 4) is 0 Å². The molecule has 1 atom stereocenters. The van der Waals surface area contributed by atoms with Gasteiger partial charge >= 0.3 is 0 Å². The van der Waals surface area contributed by atoms with Crippen LogP contribution in [0.1, 0.15) is 6.42 Å². The van der Waals surface area contributed by atoms with Crippen molar-refractivity contribution in [3.05, 3.63) is 11.6 Å². The lowest BCUT2D eigenvalue weighted by Crippen LogP contribution is -2.53. The minimum Gasteiger partial charge on any atom is -0.306 e. The molecular formula is C8H12ClN3OS. The number of nitrogens with zero attached hydrogens (tertiary/aromatic N) is 2. The molecule has 0 spiro atoms. The van der Waals surface area contributed by atoms with Gasteiger partial charge in [-0.05, 0) is 13.0 Å². The van der Waals surface area contributed by atoms with Gasteiger partial charge in [0.15, 0.2) is 5.13 Å². The van der Waals surface area contributed by atoms with Crippen molar-refractivity contribution in [2.75, 3.05) is 18.5 Å². The molecule has 0 aromatic carbocycles. The van der Waals surface area contributed by atoms with E-state index in [1.54, 1.807) is 18.1 Å². The van der Waals surface area contributed by atoms with E-state index >= 15 is 0 Å². The average Bonchev–Trinajstić information content (AvgIpc) is 2.51. The molecule has 1 aliphatic heterocycles. The van der Waals surface area contributed by atoms with Crippen molar-refractivity contribution in [1.82, 2.24) is 10.3 Å². The number of amides is 1. The summed E-state index contributed by atoms with van der Waals surface area (Å²) in [5.41, 5.74) is 0. The van der Waals surface area contributed by atoms with Crippen LogP contribution in [0.5, 0.6) is 0 Å². The van der Waals surface area contributed by atoms with E-state index in [1.807, 2.05) is 5.38 Å². The molecule has 14 heavy (non-hydrogen) atoms. The minimum atomic E-state index is 0. The smallest absolute Gasteiger partial charge is 0.245 e. The van der Waals surface area contributed by atoms with Crippen LogP contribution in [0.25, 0.3) is 0 Å². The molecule has 0 bridgehead atoms. The molecule has 4 nitrogen and oxygen atoms in total. The Labute approximate surface area is 92.7 Å². The Balaban J connectivity index is 0.000000980. The van der Waals surface area contributed by atoms with Crippen LogP contribution >= 0.6 is 23.7 Å². The van der Waals surface area contributed by atoms with Crippen molar-refractivity contribution in [3.63, 3.8) is 0 Å². The number of aromatic nitrogens is 1. The lowest BCUT2D eigenvalue weighted by Gasteiger charge is -2.29. The van der Waals surface area contributed by atoms with E-state index in [-0.39, 0.29) is 24.4 Å². The normalized spacial score (nSPS) is 19.4. The van der Waals surface area contributed by atoms with Gasteiger partial charge in [-0.25, -0.2) is 4.98 Å². The summed E-state index contributed by atoms with van der Waals surface area (Å²) in [4.78, 5) is 17.3. The summed E-state index contributed by atoms with van der Waals surface area (Å²) in [7, 11) is 1.77. The molecule has 2 rings (SSSR count). The van der Waals surface area contributed by atoms with Crippen LogP contribution in [0.4, 0.5) is 5.13 Å². The number of hydrogen-bond donors (Lipinski definition) is 1. The molecule has 1 aliphatic rings. The summed E-state index contributed by atoms with van der Waals surface area (Å²) >= 11 is 1.48. The van der Waals surface area contributed by atoms with Gasteiger partial charge < -0.3 is 5.32 Å². The van der Waals surface area contributed by atoms with Gasteiger partial charge in [-0.2, -0.15) is 0 Å². The number of halogens is 1. The molecular weight excluding hydrogens is 222 g/mol. The SMILES string of the molecule is CN(C(=O)[C@H]1CCN1)c1nccs1.Cl. The Kier molecular flexibility index (Phi) is 3.86. The molecule has 2 heterocycles. The number of likely N-dealkylation sites (N-methyl/N-ethyl adjacent to an activating group) is 1. The van der Waals surface area contributed by atoms with Crippen LogP contribution < -0.4 is 10.2 Å². The largest absolute Gasteiger partial charge is 0.306 e. The third-order valence-corrected chi connectivity index (χ3v) is 3.01. The van der Waals surface area contributed by atoms with Crippen LogP contribution in [0.2, 0.25) is 0 Å². The van der Waals surface area contributed by atoms with Gasteiger partial charge in [0.2, 0.25) is 5.91 Å². The lowest BCUT2D eigenvalue weighted by molar-refractivity contribution is -0.121.